The van der Waals surface area contributed by atoms with Gasteiger partial charge in [0.05, 0.1) is 0 Å². The minimum atomic E-state index is -0.227. The number of thioether (sulfide) groups is 1. The molecular weight excluding hydrogens is 393 g/mol. The van der Waals surface area contributed by atoms with Crippen molar-refractivity contribution in [3.05, 3.63) is 70.2 Å². The molecule has 2 aromatic carbocycles. The van der Waals surface area contributed by atoms with Crippen molar-refractivity contribution in [2.24, 2.45) is 7.05 Å². The first kappa shape index (κ1) is 17.0. The van der Waals surface area contributed by atoms with Crippen LogP contribution in [0.5, 0.6) is 5.75 Å². The number of nitrogens with zero attached hydrogens (tertiary/aromatic N) is 3. The van der Waals surface area contributed by atoms with E-state index in [4.69, 9.17) is 4.74 Å². The van der Waals surface area contributed by atoms with Gasteiger partial charge < -0.3 is 9.30 Å². The van der Waals surface area contributed by atoms with Crippen LogP contribution in [-0.4, -0.2) is 14.8 Å². The van der Waals surface area contributed by atoms with Gasteiger partial charge in [-0.2, -0.15) is 0 Å². The van der Waals surface area contributed by atoms with Gasteiger partial charge in [0.2, 0.25) is 0 Å². The second-order valence-electron chi connectivity index (χ2n) is 5.12. The predicted octanol–water partition coefficient (Wildman–Crippen LogP) is 4.59. The highest BCUT2D eigenvalue weighted by Crippen LogP contribution is 2.22. The van der Waals surface area contributed by atoms with Crippen molar-refractivity contribution in [1.29, 1.82) is 0 Å². The molecule has 3 aromatic rings. The van der Waals surface area contributed by atoms with Crippen molar-refractivity contribution in [2.75, 3.05) is 0 Å². The molecule has 1 aromatic heterocycles. The summed E-state index contributed by atoms with van der Waals surface area (Å²) in [5.74, 6) is 1.92. The number of aromatic nitrogens is 3. The molecule has 7 heteroatoms. The van der Waals surface area contributed by atoms with Gasteiger partial charge in [-0.15, -0.1) is 10.2 Å². The quantitative estimate of drug-likeness (QED) is 0.560. The Morgan fingerprint density at radius 1 is 1.17 bits per heavy atom. The molecule has 0 bridgehead atoms. The maximum Gasteiger partial charge on any atom is 0.191 e. The summed E-state index contributed by atoms with van der Waals surface area (Å²) in [6.07, 6.45) is 0. The zero-order valence-electron chi connectivity index (χ0n) is 12.9. The largest absolute Gasteiger partial charge is 0.486 e. The topological polar surface area (TPSA) is 39.9 Å². The highest BCUT2D eigenvalue weighted by atomic mass is 79.9. The zero-order valence-corrected chi connectivity index (χ0v) is 15.3. The fraction of sp³-hybridized carbons (Fsp3) is 0.176. The number of hydrogen-bond donors (Lipinski definition) is 0. The molecule has 0 saturated carbocycles. The molecule has 0 fully saturated rings. The summed E-state index contributed by atoms with van der Waals surface area (Å²) in [5, 5.41) is 9.11. The van der Waals surface area contributed by atoms with Gasteiger partial charge in [0.1, 0.15) is 18.2 Å². The summed E-state index contributed by atoms with van der Waals surface area (Å²) in [6, 6.07) is 14.2. The van der Waals surface area contributed by atoms with Gasteiger partial charge in [-0.05, 0) is 42.0 Å². The normalized spacial score (nSPS) is 10.8. The summed E-state index contributed by atoms with van der Waals surface area (Å²) < 4.78 is 21.8. The molecule has 0 spiro atoms. The van der Waals surface area contributed by atoms with Crippen molar-refractivity contribution in [3.8, 4) is 5.75 Å². The molecule has 4 nitrogen and oxygen atoms in total. The first-order chi connectivity index (χ1) is 11.6. The van der Waals surface area contributed by atoms with Gasteiger partial charge in [-0.3, -0.25) is 0 Å². The molecular formula is C17H15BrFN3OS. The SMILES string of the molecule is Cn1c(COc2ccc(Br)cc2)nnc1SCc1cccc(F)c1. The van der Waals surface area contributed by atoms with Crippen molar-refractivity contribution in [3.63, 3.8) is 0 Å². The van der Waals surface area contributed by atoms with Crippen LogP contribution in [0, 0.1) is 5.82 Å². The lowest BCUT2D eigenvalue weighted by Gasteiger charge is -2.07. The lowest BCUT2D eigenvalue weighted by atomic mass is 10.2. The average molecular weight is 408 g/mol. The Kier molecular flexibility index (Phi) is 5.52. The van der Waals surface area contributed by atoms with Crippen LogP contribution in [0.3, 0.4) is 0 Å². The number of benzene rings is 2. The monoisotopic (exact) mass is 407 g/mol. The predicted molar refractivity (Wildman–Crippen MR) is 95.4 cm³/mol. The van der Waals surface area contributed by atoms with E-state index in [2.05, 4.69) is 26.1 Å². The lowest BCUT2D eigenvalue weighted by molar-refractivity contribution is 0.290. The highest BCUT2D eigenvalue weighted by Gasteiger charge is 2.10. The van der Waals surface area contributed by atoms with Crippen molar-refractivity contribution in [1.82, 2.24) is 14.8 Å². The summed E-state index contributed by atoms with van der Waals surface area (Å²) in [7, 11) is 1.90. The van der Waals surface area contributed by atoms with Crippen LogP contribution in [-0.2, 0) is 19.4 Å². The van der Waals surface area contributed by atoms with E-state index in [-0.39, 0.29) is 5.82 Å². The third-order valence-corrected chi connectivity index (χ3v) is 4.98. The van der Waals surface area contributed by atoms with Gasteiger partial charge in [0, 0.05) is 17.3 Å². The van der Waals surface area contributed by atoms with E-state index in [1.54, 1.807) is 6.07 Å². The zero-order chi connectivity index (χ0) is 16.9. The van der Waals surface area contributed by atoms with Gasteiger partial charge in [0.25, 0.3) is 0 Å². The first-order valence-electron chi connectivity index (χ1n) is 7.26. The number of halogens is 2. The van der Waals surface area contributed by atoms with Gasteiger partial charge >= 0.3 is 0 Å². The maximum atomic E-state index is 13.2. The first-order valence-corrected chi connectivity index (χ1v) is 9.03. The Morgan fingerprint density at radius 2 is 1.96 bits per heavy atom. The van der Waals surface area contributed by atoms with Crippen LogP contribution < -0.4 is 4.74 Å². The van der Waals surface area contributed by atoms with Crippen molar-refractivity contribution in [2.45, 2.75) is 17.5 Å². The second-order valence-corrected chi connectivity index (χ2v) is 6.98. The molecule has 0 atom stereocenters. The van der Waals surface area contributed by atoms with Crippen LogP contribution in [0.25, 0.3) is 0 Å². The van der Waals surface area contributed by atoms with Gasteiger partial charge in [-0.25, -0.2) is 4.39 Å². The van der Waals surface area contributed by atoms with E-state index < -0.39 is 0 Å². The van der Waals surface area contributed by atoms with Crippen molar-refractivity contribution < 1.29 is 9.13 Å². The molecule has 0 aliphatic heterocycles. The van der Waals surface area contributed by atoms with E-state index in [0.717, 1.165) is 26.8 Å². The molecule has 0 radical (unpaired) electrons. The molecule has 124 valence electrons. The Hall–Kier alpha value is -1.86. The Balaban J connectivity index is 1.60. The molecule has 1 heterocycles. The number of ether oxygens (including phenoxy) is 1. The van der Waals surface area contributed by atoms with Crippen LogP contribution in [0.2, 0.25) is 0 Å². The summed E-state index contributed by atoms with van der Waals surface area (Å²) in [4.78, 5) is 0. The highest BCUT2D eigenvalue weighted by molar-refractivity contribution is 9.10. The second kappa shape index (κ2) is 7.81. The molecule has 0 unspecified atom stereocenters. The minimum absolute atomic E-state index is 0.227. The molecule has 0 saturated heterocycles. The van der Waals surface area contributed by atoms with E-state index in [0.29, 0.717) is 12.4 Å². The molecule has 0 aliphatic rings. The lowest BCUT2D eigenvalue weighted by Crippen LogP contribution is -2.04. The Morgan fingerprint density at radius 3 is 2.71 bits per heavy atom. The number of rotatable bonds is 6. The third-order valence-electron chi connectivity index (χ3n) is 3.36. The molecule has 0 aliphatic carbocycles. The molecule has 3 rings (SSSR count). The third kappa shape index (κ3) is 4.36. The molecule has 24 heavy (non-hydrogen) atoms. The average Bonchev–Trinajstić information content (AvgIpc) is 2.93. The minimum Gasteiger partial charge on any atom is -0.486 e. The van der Waals surface area contributed by atoms with Crippen LogP contribution >= 0.6 is 27.7 Å². The summed E-state index contributed by atoms with van der Waals surface area (Å²) in [6.45, 7) is 0.339. The fourth-order valence-electron chi connectivity index (χ4n) is 2.05. The van der Waals surface area contributed by atoms with Crippen LogP contribution in [0.4, 0.5) is 4.39 Å². The Bertz CT molecular complexity index is 823. The van der Waals surface area contributed by atoms with E-state index in [9.17, 15) is 4.39 Å². The van der Waals surface area contributed by atoms with E-state index >= 15 is 0 Å². The van der Waals surface area contributed by atoms with Crippen molar-refractivity contribution >= 4 is 27.7 Å². The molecule has 0 amide bonds. The van der Waals surface area contributed by atoms with Crippen LogP contribution in [0.1, 0.15) is 11.4 Å². The smallest absolute Gasteiger partial charge is 0.191 e. The summed E-state index contributed by atoms with van der Waals surface area (Å²) in [5.41, 5.74) is 0.913. The number of hydrogen-bond acceptors (Lipinski definition) is 4. The van der Waals surface area contributed by atoms with Crippen LogP contribution in [0.15, 0.2) is 58.2 Å². The molecule has 0 N–H and O–H groups in total. The van der Waals surface area contributed by atoms with Gasteiger partial charge in [-0.1, -0.05) is 39.8 Å². The maximum absolute atomic E-state index is 13.2. The van der Waals surface area contributed by atoms with E-state index in [1.807, 2.05) is 41.9 Å². The Labute approximate surface area is 152 Å². The van der Waals surface area contributed by atoms with Gasteiger partial charge in [0.15, 0.2) is 11.0 Å². The standard InChI is InChI=1S/C17H15BrFN3OS/c1-22-16(10-23-15-7-5-13(18)6-8-15)20-21-17(22)24-11-12-3-2-4-14(19)9-12/h2-9H,10-11H2,1H3. The van der Waals surface area contributed by atoms with E-state index in [1.165, 1.54) is 23.9 Å². The fourth-order valence-corrected chi connectivity index (χ4v) is 3.19. The summed E-state index contributed by atoms with van der Waals surface area (Å²) >= 11 is 4.90.